The Kier molecular flexibility index (Phi) is 2.02. The summed E-state index contributed by atoms with van der Waals surface area (Å²) in [5.41, 5.74) is 1.54. The van der Waals surface area contributed by atoms with E-state index in [1.807, 2.05) is 0 Å². The number of hydrogen-bond acceptors (Lipinski definition) is 5. The molecule has 0 unspecified atom stereocenters. The molecule has 0 saturated carbocycles. The van der Waals surface area contributed by atoms with Crippen molar-refractivity contribution < 1.29 is 18.3 Å². The molecule has 3 rings (SSSR count). The minimum atomic E-state index is -3.60. The Bertz CT molecular complexity index is 824. The number of hydrogen-bond donors (Lipinski definition) is 1. The molecule has 0 spiro atoms. The molecule has 2 aromatic rings. The van der Waals surface area contributed by atoms with Crippen molar-refractivity contribution in [3.8, 4) is 0 Å². The number of fused-ring (bicyclic) bond motifs is 3. The third-order valence-corrected chi connectivity index (χ3v) is 4.04. The lowest BCUT2D eigenvalue weighted by Crippen LogP contribution is -2.01. The van der Waals surface area contributed by atoms with Gasteiger partial charge in [0, 0.05) is 11.6 Å². The van der Waals surface area contributed by atoms with Crippen LogP contribution in [0, 0.1) is 0 Å². The maximum atomic E-state index is 11.8. The van der Waals surface area contributed by atoms with Crippen LogP contribution in [0.5, 0.6) is 0 Å². The fourth-order valence-electron chi connectivity index (χ4n) is 1.86. The molecule has 0 bridgehead atoms. The Morgan fingerprint density at radius 1 is 1.28 bits per heavy atom. The van der Waals surface area contributed by atoms with Crippen LogP contribution >= 0.6 is 0 Å². The molecule has 0 amide bonds. The molecule has 1 aliphatic rings. The van der Waals surface area contributed by atoms with Gasteiger partial charge >= 0.3 is 5.97 Å². The van der Waals surface area contributed by atoms with Gasteiger partial charge in [-0.1, -0.05) is 0 Å². The molecular weight excluding hydrogens is 256 g/mol. The van der Waals surface area contributed by atoms with E-state index in [0.29, 0.717) is 11.2 Å². The largest absolute Gasteiger partial charge is 0.478 e. The number of nitrogens with zero attached hydrogens (tertiary/aromatic N) is 2. The maximum absolute atomic E-state index is 11.8. The minimum Gasteiger partial charge on any atom is -0.478 e. The summed E-state index contributed by atoms with van der Waals surface area (Å²) in [7, 11) is -3.60. The first-order chi connectivity index (χ1) is 8.49. The summed E-state index contributed by atoms with van der Waals surface area (Å²) in [6.45, 7) is 0. The van der Waals surface area contributed by atoms with E-state index in [-0.39, 0.29) is 15.8 Å². The van der Waals surface area contributed by atoms with E-state index in [0.717, 1.165) is 5.55 Å². The fourth-order valence-corrected chi connectivity index (χ4v) is 3.10. The topological polar surface area (TPSA) is 96.7 Å². The number of sulfone groups is 1. The van der Waals surface area contributed by atoms with Crippen LogP contribution in [0.3, 0.4) is 0 Å². The zero-order valence-electron chi connectivity index (χ0n) is 8.86. The Morgan fingerprint density at radius 3 is 2.78 bits per heavy atom. The van der Waals surface area contributed by atoms with Crippen molar-refractivity contribution >= 4 is 37.9 Å². The van der Waals surface area contributed by atoms with Crippen molar-refractivity contribution in [2.75, 3.05) is 0 Å². The standard InChI is InChI=1S/C11H6N2O4S/c14-11(15)6-3-7-8(12-4-6)1-2-9-10(7)18(16,17)5-13-9/h1-5H,(H,14,15). The van der Waals surface area contributed by atoms with Gasteiger partial charge in [0.25, 0.3) is 0 Å². The van der Waals surface area contributed by atoms with Gasteiger partial charge in [0.05, 0.1) is 16.8 Å². The van der Waals surface area contributed by atoms with Crippen molar-refractivity contribution in [3.63, 3.8) is 0 Å². The van der Waals surface area contributed by atoms with Gasteiger partial charge in [-0.25, -0.2) is 18.2 Å². The normalized spacial score (nSPS) is 15.8. The van der Waals surface area contributed by atoms with Gasteiger partial charge in [-0.2, -0.15) is 0 Å². The van der Waals surface area contributed by atoms with E-state index < -0.39 is 15.8 Å². The molecule has 0 atom stereocenters. The Balaban J connectivity index is 2.46. The number of aromatic nitrogens is 1. The summed E-state index contributed by atoms with van der Waals surface area (Å²) in [5, 5.41) is 9.18. The number of benzene rings is 1. The molecule has 0 radical (unpaired) electrons. The third kappa shape index (κ3) is 1.41. The predicted molar refractivity (Wildman–Crippen MR) is 64.0 cm³/mol. The molecule has 7 heteroatoms. The molecule has 2 heterocycles. The molecule has 1 N–H and O–H groups in total. The first kappa shape index (κ1) is 10.8. The fraction of sp³-hybridized carbons (Fsp3) is 0. The van der Waals surface area contributed by atoms with Crippen molar-refractivity contribution in [2.45, 2.75) is 4.90 Å². The lowest BCUT2D eigenvalue weighted by molar-refractivity contribution is 0.0696. The summed E-state index contributed by atoms with van der Waals surface area (Å²) < 4.78 is 23.6. The van der Waals surface area contributed by atoms with Crippen LogP contribution in [-0.2, 0) is 9.84 Å². The van der Waals surface area contributed by atoms with E-state index in [1.165, 1.54) is 12.3 Å². The van der Waals surface area contributed by atoms with Gasteiger partial charge in [0.1, 0.15) is 10.4 Å². The number of rotatable bonds is 1. The second kappa shape index (κ2) is 3.36. The molecule has 90 valence electrons. The van der Waals surface area contributed by atoms with Gasteiger partial charge < -0.3 is 5.11 Å². The Labute approximate surface area is 102 Å². The molecular formula is C11H6N2O4S. The SMILES string of the molecule is O=C(O)c1cnc2ccc3c(c2c1)S(=O)(=O)C=N3. The molecule has 0 fully saturated rings. The van der Waals surface area contributed by atoms with Crippen molar-refractivity contribution in [2.24, 2.45) is 4.99 Å². The van der Waals surface area contributed by atoms with Crippen LogP contribution < -0.4 is 0 Å². The zero-order valence-corrected chi connectivity index (χ0v) is 9.68. The molecule has 1 aromatic carbocycles. The number of carboxylic acid groups (broad SMARTS) is 1. The molecule has 6 nitrogen and oxygen atoms in total. The van der Waals surface area contributed by atoms with Gasteiger partial charge in [0.2, 0.25) is 9.84 Å². The number of pyridine rings is 1. The average molecular weight is 262 g/mol. The summed E-state index contributed by atoms with van der Waals surface area (Å²) >= 11 is 0. The van der Waals surface area contributed by atoms with E-state index >= 15 is 0 Å². The number of carbonyl (C=O) groups is 1. The zero-order chi connectivity index (χ0) is 12.9. The second-order valence-electron chi connectivity index (χ2n) is 3.79. The summed E-state index contributed by atoms with van der Waals surface area (Å²) in [4.78, 5) is 18.6. The van der Waals surface area contributed by atoms with E-state index in [1.54, 1.807) is 12.1 Å². The first-order valence-corrected chi connectivity index (χ1v) is 6.49. The van der Waals surface area contributed by atoms with Crippen molar-refractivity contribution in [1.29, 1.82) is 0 Å². The lowest BCUT2D eigenvalue weighted by atomic mass is 10.1. The molecule has 1 aromatic heterocycles. The van der Waals surface area contributed by atoms with Crippen LogP contribution in [0.2, 0.25) is 0 Å². The molecule has 0 saturated heterocycles. The lowest BCUT2D eigenvalue weighted by Gasteiger charge is -2.04. The van der Waals surface area contributed by atoms with Crippen LogP contribution in [0.25, 0.3) is 10.9 Å². The third-order valence-electron chi connectivity index (χ3n) is 2.66. The van der Waals surface area contributed by atoms with E-state index in [2.05, 4.69) is 9.98 Å². The Hall–Kier alpha value is -2.28. The van der Waals surface area contributed by atoms with Crippen molar-refractivity contribution in [1.82, 2.24) is 4.98 Å². The number of aromatic carboxylic acids is 1. The van der Waals surface area contributed by atoms with E-state index in [4.69, 9.17) is 5.11 Å². The van der Waals surface area contributed by atoms with Crippen molar-refractivity contribution in [3.05, 3.63) is 30.0 Å². The van der Waals surface area contributed by atoms with Crippen LogP contribution in [-0.4, -0.2) is 30.0 Å². The van der Waals surface area contributed by atoms with Crippen LogP contribution in [0.1, 0.15) is 10.4 Å². The smallest absolute Gasteiger partial charge is 0.337 e. The summed E-state index contributed by atoms with van der Waals surface area (Å²) in [5.74, 6) is -1.15. The molecule has 1 aliphatic heterocycles. The highest BCUT2D eigenvalue weighted by Gasteiger charge is 2.25. The first-order valence-electron chi connectivity index (χ1n) is 4.94. The van der Waals surface area contributed by atoms with E-state index in [9.17, 15) is 13.2 Å². The quantitative estimate of drug-likeness (QED) is 0.837. The van der Waals surface area contributed by atoms with Gasteiger partial charge in [-0.3, -0.25) is 4.98 Å². The summed E-state index contributed by atoms with van der Waals surface area (Å²) in [6.07, 6.45) is 1.19. The highest BCUT2D eigenvalue weighted by atomic mass is 32.2. The summed E-state index contributed by atoms with van der Waals surface area (Å²) in [6, 6.07) is 4.46. The number of aliphatic imine (C=N–C) groups is 1. The minimum absolute atomic E-state index is 0.0237. The number of carboxylic acids is 1. The van der Waals surface area contributed by atoms with Gasteiger partial charge in [-0.05, 0) is 18.2 Å². The maximum Gasteiger partial charge on any atom is 0.337 e. The second-order valence-corrected chi connectivity index (χ2v) is 5.50. The Morgan fingerprint density at radius 2 is 2.06 bits per heavy atom. The van der Waals surface area contributed by atoms with Crippen LogP contribution in [0.15, 0.2) is 34.3 Å². The predicted octanol–water partition coefficient (Wildman–Crippen LogP) is 1.38. The molecule has 18 heavy (non-hydrogen) atoms. The highest BCUT2D eigenvalue weighted by molar-refractivity contribution is 8.05. The monoisotopic (exact) mass is 262 g/mol. The highest BCUT2D eigenvalue weighted by Crippen LogP contribution is 2.35. The van der Waals surface area contributed by atoms with Gasteiger partial charge in [0.15, 0.2) is 0 Å². The van der Waals surface area contributed by atoms with Gasteiger partial charge in [-0.15, -0.1) is 0 Å². The van der Waals surface area contributed by atoms with Crippen LogP contribution in [0.4, 0.5) is 5.69 Å². The average Bonchev–Trinajstić information content (AvgIpc) is 2.65. The molecule has 0 aliphatic carbocycles.